The molecule has 0 radical (unpaired) electrons. The molecule has 3 aliphatic rings. The van der Waals surface area contributed by atoms with Crippen molar-refractivity contribution in [2.45, 2.75) is 32.1 Å². The zero-order valence-corrected chi connectivity index (χ0v) is 23.1. The molecule has 0 aromatic heterocycles. The molecule has 1 amide bonds. The van der Waals surface area contributed by atoms with Crippen molar-refractivity contribution >= 4 is 60.9 Å². The predicted molar refractivity (Wildman–Crippen MR) is 139 cm³/mol. The van der Waals surface area contributed by atoms with Crippen molar-refractivity contribution in [2.75, 3.05) is 17.3 Å². The van der Waals surface area contributed by atoms with Gasteiger partial charge in [0.2, 0.25) is 5.91 Å². The number of methoxy groups -OCH3 is 1. The van der Waals surface area contributed by atoms with Gasteiger partial charge in [0.15, 0.2) is 11.6 Å². The largest absolute Gasteiger partial charge is 0.466 e. The van der Waals surface area contributed by atoms with Crippen LogP contribution in [0.15, 0.2) is 61.9 Å². The van der Waals surface area contributed by atoms with Crippen LogP contribution in [0.5, 0.6) is 0 Å². The summed E-state index contributed by atoms with van der Waals surface area (Å²) >= 11 is 6.62. The second-order valence-corrected chi connectivity index (χ2v) is 11.7. The van der Waals surface area contributed by atoms with Crippen molar-refractivity contribution in [3.8, 4) is 0 Å². The number of anilines is 2. The lowest BCUT2D eigenvalue weighted by molar-refractivity contribution is -0.138. The molecule has 2 aromatic carbocycles. The molecule has 2 heterocycles. The maximum absolute atomic E-state index is 15.4. The number of carbonyl (C=O) groups excluding carboxylic acids is 3. The summed E-state index contributed by atoms with van der Waals surface area (Å²) in [4.78, 5) is 42.5. The van der Waals surface area contributed by atoms with Crippen LogP contribution < -0.4 is 16.0 Å². The molecule has 3 N–H and O–H groups in total. The van der Waals surface area contributed by atoms with E-state index < -0.39 is 40.1 Å². The summed E-state index contributed by atoms with van der Waals surface area (Å²) in [6, 6.07) is 6.74. The zero-order valence-electron chi connectivity index (χ0n) is 20.0. The van der Waals surface area contributed by atoms with E-state index in [-0.39, 0.29) is 45.7 Å². The number of hydrogen-bond donors (Lipinski definition) is 2. The Kier molecular flexibility index (Phi) is 5.87. The van der Waals surface area contributed by atoms with Crippen LogP contribution in [0.3, 0.4) is 0 Å². The van der Waals surface area contributed by atoms with Gasteiger partial charge in [-0.15, -0.1) is 0 Å². The Morgan fingerprint density at radius 1 is 1.14 bits per heavy atom. The summed E-state index contributed by atoms with van der Waals surface area (Å²) in [5, 5.41) is 2.78. The van der Waals surface area contributed by atoms with Crippen molar-refractivity contribution in [1.82, 2.24) is 0 Å². The molecule has 0 bridgehead atoms. The van der Waals surface area contributed by atoms with E-state index in [1.165, 1.54) is 4.90 Å². The van der Waals surface area contributed by atoms with Gasteiger partial charge < -0.3 is 15.8 Å². The Morgan fingerprint density at radius 2 is 1.84 bits per heavy atom. The van der Waals surface area contributed by atoms with E-state index >= 15 is 4.39 Å². The molecule has 7 nitrogen and oxygen atoms in total. The summed E-state index contributed by atoms with van der Waals surface area (Å²) in [5.74, 6) is -4.12. The average molecular weight is 637 g/mol. The van der Waals surface area contributed by atoms with Gasteiger partial charge in [0.1, 0.15) is 22.6 Å². The highest BCUT2D eigenvalue weighted by Crippen LogP contribution is 2.58. The van der Waals surface area contributed by atoms with Crippen LogP contribution >= 0.6 is 31.9 Å². The Morgan fingerprint density at radius 3 is 2.49 bits per heavy atom. The van der Waals surface area contributed by atoms with E-state index in [0.29, 0.717) is 21.8 Å². The van der Waals surface area contributed by atoms with E-state index in [9.17, 15) is 18.8 Å². The summed E-state index contributed by atoms with van der Waals surface area (Å²) in [6.07, 6.45) is 0.282. The average Bonchev–Trinajstić information content (AvgIpc) is 3.05. The number of ether oxygens (including phenoxy) is 1. The van der Waals surface area contributed by atoms with Crippen molar-refractivity contribution < 1.29 is 27.9 Å². The van der Waals surface area contributed by atoms with Gasteiger partial charge in [0.25, 0.3) is 0 Å². The second kappa shape index (κ2) is 8.49. The van der Waals surface area contributed by atoms with E-state index in [1.54, 1.807) is 18.2 Å². The van der Waals surface area contributed by atoms with Gasteiger partial charge in [-0.3, -0.25) is 14.5 Å². The fourth-order valence-electron chi connectivity index (χ4n) is 5.61. The number of rotatable bonds is 2. The van der Waals surface area contributed by atoms with Crippen LogP contribution in [-0.4, -0.2) is 24.8 Å². The minimum Gasteiger partial charge on any atom is -0.466 e. The lowest BCUT2D eigenvalue weighted by atomic mass is 9.60. The lowest BCUT2D eigenvalue weighted by Crippen LogP contribution is -2.54. The van der Waals surface area contributed by atoms with Crippen molar-refractivity contribution in [2.24, 2.45) is 11.1 Å². The normalized spacial score (nSPS) is 22.3. The van der Waals surface area contributed by atoms with Crippen LogP contribution in [-0.2, 0) is 24.5 Å². The fraction of sp³-hybridized carbons (Fsp3) is 0.269. The molecule has 192 valence electrons. The molecule has 2 aliphatic heterocycles. The molecule has 1 aliphatic carbocycles. The van der Waals surface area contributed by atoms with Gasteiger partial charge in [0, 0.05) is 44.0 Å². The van der Waals surface area contributed by atoms with Crippen LogP contribution in [0.1, 0.15) is 32.3 Å². The minimum absolute atomic E-state index is 0.00593. The Labute approximate surface area is 228 Å². The van der Waals surface area contributed by atoms with Crippen molar-refractivity contribution in [3.63, 3.8) is 0 Å². The predicted octanol–water partition coefficient (Wildman–Crippen LogP) is 5.19. The summed E-state index contributed by atoms with van der Waals surface area (Å²) in [5.41, 5.74) is 4.60. The first-order chi connectivity index (χ1) is 17.3. The standard InChI is InChI=1S/C26H21Br2F2N3O4/c1-25(2)9-17-19(18(34)10-25)26(13-6-11(27)4-5-16(13)32-24(26)36)20(23(35)37-3)22(31)33(17)21-14(28)7-12(29)8-15(21)30/h4-8H,9-10,31H2,1-3H3,(H,32,36). The van der Waals surface area contributed by atoms with Crippen LogP contribution in [0.25, 0.3) is 0 Å². The highest BCUT2D eigenvalue weighted by Gasteiger charge is 2.63. The molecule has 5 rings (SSSR count). The van der Waals surface area contributed by atoms with Gasteiger partial charge in [-0.25, -0.2) is 13.6 Å². The Hall–Kier alpha value is -3.05. The van der Waals surface area contributed by atoms with Gasteiger partial charge >= 0.3 is 5.97 Å². The summed E-state index contributed by atoms with van der Waals surface area (Å²) in [6.45, 7) is 3.73. The third-order valence-corrected chi connectivity index (χ3v) is 8.04. The van der Waals surface area contributed by atoms with Gasteiger partial charge in [-0.2, -0.15) is 0 Å². The number of carbonyl (C=O) groups is 3. The smallest absolute Gasteiger partial charge is 0.339 e. The fourth-order valence-corrected chi connectivity index (χ4v) is 6.56. The Bertz CT molecular complexity index is 1480. The number of benzene rings is 2. The number of nitrogens with two attached hydrogens (primary N) is 1. The maximum Gasteiger partial charge on any atom is 0.339 e. The molecule has 2 aromatic rings. The van der Waals surface area contributed by atoms with E-state index in [0.717, 1.165) is 13.2 Å². The van der Waals surface area contributed by atoms with Crippen molar-refractivity contribution in [3.05, 3.63) is 79.1 Å². The number of fused-ring (bicyclic) bond motifs is 3. The third kappa shape index (κ3) is 3.58. The van der Waals surface area contributed by atoms with E-state index in [4.69, 9.17) is 10.5 Å². The Balaban J connectivity index is 1.97. The van der Waals surface area contributed by atoms with E-state index in [2.05, 4.69) is 37.2 Å². The number of allylic oxidation sites excluding steroid dienone is 1. The first kappa shape index (κ1) is 25.6. The lowest BCUT2D eigenvalue weighted by Gasteiger charge is -2.47. The van der Waals surface area contributed by atoms with Crippen molar-refractivity contribution in [1.29, 1.82) is 0 Å². The topological polar surface area (TPSA) is 102 Å². The molecular weight excluding hydrogens is 616 g/mol. The maximum atomic E-state index is 15.4. The number of hydrogen-bond acceptors (Lipinski definition) is 6. The van der Waals surface area contributed by atoms with Crippen LogP contribution in [0.4, 0.5) is 20.2 Å². The summed E-state index contributed by atoms with van der Waals surface area (Å²) < 4.78 is 35.1. The summed E-state index contributed by atoms with van der Waals surface area (Å²) in [7, 11) is 1.12. The number of nitrogens with one attached hydrogen (secondary N) is 1. The van der Waals surface area contributed by atoms with E-state index in [1.807, 2.05) is 13.8 Å². The molecule has 0 fully saturated rings. The number of halogens is 4. The molecule has 11 heteroatoms. The monoisotopic (exact) mass is 635 g/mol. The van der Waals surface area contributed by atoms with Crippen LogP contribution in [0.2, 0.25) is 0 Å². The second-order valence-electron chi connectivity index (χ2n) is 9.96. The quantitative estimate of drug-likeness (QED) is 0.440. The van der Waals surface area contributed by atoms with Gasteiger partial charge in [-0.1, -0.05) is 29.8 Å². The minimum atomic E-state index is -1.93. The third-order valence-electron chi connectivity index (χ3n) is 6.94. The number of esters is 1. The molecule has 1 spiro atoms. The number of amides is 1. The number of Topliss-reactive ketones (excluding diaryl/α,β-unsaturated/α-hetero) is 1. The molecular formula is C26H21Br2F2N3O4. The number of nitrogens with zero attached hydrogens (tertiary/aromatic N) is 1. The highest BCUT2D eigenvalue weighted by molar-refractivity contribution is 9.10. The van der Waals surface area contributed by atoms with Gasteiger partial charge in [0.05, 0.1) is 12.8 Å². The highest BCUT2D eigenvalue weighted by atomic mass is 79.9. The SMILES string of the molecule is COC(=O)C1=C(N)N(c2c(F)cc(F)cc2Br)C2=C(C(=O)CC(C)(C)C2)C12C(=O)Nc1ccc(Br)cc12. The molecule has 0 saturated carbocycles. The van der Waals surface area contributed by atoms with Crippen LogP contribution in [0, 0.1) is 17.0 Å². The van der Waals surface area contributed by atoms with Gasteiger partial charge in [-0.05, 0) is 52.0 Å². The number of ketones is 1. The molecule has 37 heavy (non-hydrogen) atoms. The molecule has 0 saturated heterocycles. The first-order valence-corrected chi connectivity index (χ1v) is 12.8. The molecule has 1 atom stereocenters. The zero-order chi connectivity index (χ0) is 27.0. The molecule has 1 unspecified atom stereocenters. The first-order valence-electron chi connectivity index (χ1n) is 11.2.